The highest BCUT2D eigenvalue weighted by molar-refractivity contribution is 7.89. The molecule has 0 aromatic heterocycles. The minimum Gasteiger partial charge on any atom is -0.480 e. The van der Waals surface area contributed by atoms with Crippen LogP contribution in [0, 0.1) is 5.92 Å². The number of aliphatic carboxylic acids is 1. The Morgan fingerprint density at radius 1 is 1.38 bits per heavy atom. The van der Waals surface area contributed by atoms with Crippen molar-refractivity contribution in [1.29, 1.82) is 0 Å². The van der Waals surface area contributed by atoms with Crippen LogP contribution in [-0.2, 0) is 19.6 Å². The molecular formula is C13H24N2O5S. The van der Waals surface area contributed by atoms with Gasteiger partial charge in [0.1, 0.15) is 12.1 Å². The van der Waals surface area contributed by atoms with E-state index in [0.29, 0.717) is 25.8 Å². The van der Waals surface area contributed by atoms with Crippen molar-refractivity contribution in [2.45, 2.75) is 52.1 Å². The van der Waals surface area contributed by atoms with Crippen LogP contribution < -0.4 is 5.32 Å². The number of hydrogen-bond acceptors (Lipinski definition) is 4. The first-order valence-electron chi connectivity index (χ1n) is 7.23. The molecule has 0 bridgehead atoms. The lowest BCUT2D eigenvalue weighted by Gasteiger charge is -2.25. The summed E-state index contributed by atoms with van der Waals surface area (Å²) in [4.78, 5) is 23.4. The fraction of sp³-hybridized carbons (Fsp3) is 0.846. The maximum absolute atomic E-state index is 12.2. The third kappa shape index (κ3) is 4.41. The van der Waals surface area contributed by atoms with Gasteiger partial charge in [0, 0.05) is 6.54 Å². The number of carboxylic acids is 1. The predicted octanol–water partition coefficient (Wildman–Crippen LogP) is 0.416. The topological polar surface area (TPSA) is 104 Å². The minimum atomic E-state index is -3.46. The summed E-state index contributed by atoms with van der Waals surface area (Å²) in [6.45, 7) is 5.47. The lowest BCUT2D eigenvalue weighted by molar-refractivity contribution is -0.143. The summed E-state index contributed by atoms with van der Waals surface area (Å²) in [7, 11) is -3.46. The first kappa shape index (κ1) is 17.9. The van der Waals surface area contributed by atoms with Gasteiger partial charge in [-0.1, -0.05) is 20.8 Å². The number of sulfonamides is 1. The molecule has 21 heavy (non-hydrogen) atoms. The van der Waals surface area contributed by atoms with Gasteiger partial charge >= 0.3 is 5.97 Å². The van der Waals surface area contributed by atoms with Crippen molar-refractivity contribution in [2.24, 2.45) is 5.92 Å². The van der Waals surface area contributed by atoms with Crippen LogP contribution in [0.25, 0.3) is 0 Å². The largest absolute Gasteiger partial charge is 0.480 e. The third-order valence-corrected chi connectivity index (χ3v) is 5.63. The fourth-order valence-electron chi connectivity index (χ4n) is 2.47. The van der Waals surface area contributed by atoms with Gasteiger partial charge in [-0.3, -0.25) is 4.79 Å². The number of carboxylic acid groups (broad SMARTS) is 1. The first-order chi connectivity index (χ1) is 9.70. The van der Waals surface area contributed by atoms with Crippen LogP contribution in [0.4, 0.5) is 0 Å². The molecule has 1 heterocycles. The molecule has 1 rings (SSSR count). The van der Waals surface area contributed by atoms with Crippen molar-refractivity contribution in [2.75, 3.05) is 12.3 Å². The van der Waals surface area contributed by atoms with Crippen molar-refractivity contribution in [1.82, 2.24) is 9.62 Å². The fourth-order valence-corrected chi connectivity index (χ4v) is 4.22. The number of rotatable bonds is 7. The van der Waals surface area contributed by atoms with Gasteiger partial charge in [-0.2, -0.15) is 4.31 Å². The van der Waals surface area contributed by atoms with Crippen molar-refractivity contribution < 1.29 is 23.1 Å². The number of nitrogens with one attached hydrogen (secondary N) is 1. The van der Waals surface area contributed by atoms with E-state index in [1.807, 2.05) is 0 Å². The number of amides is 1. The van der Waals surface area contributed by atoms with Gasteiger partial charge in [0.25, 0.3) is 0 Å². The van der Waals surface area contributed by atoms with Crippen LogP contribution in [0.1, 0.15) is 40.0 Å². The monoisotopic (exact) mass is 320 g/mol. The second-order valence-corrected chi connectivity index (χ2v) is 7.69. The van der Waals surface area contributed by atoms with E-state index >= 15 is 0 Å². The van der Waals surface area contributed by atoms with Crippen LogP contribution in [0.5, 0.6) is 0 Å². The van der Waals surface area contributed by atoms with Gasteiger partial charge in [-0.15, -0.1) is 0 Å². The quantitative estimate of drug-likeness (QED) is 0.707. The molecule has 1 saturated heterocycles. The molecule has 0 saturated carbocycles. The van der Waals surface area contributed by atoms with Crippen molar-refractivity contribution in [3.63, 3.8) is 0 Å². The smallest absolute Gasteiger partial charge is 0.326 e. The maximum Gasteiger partial charge on any atom is 0.326 e. The highest BCUT2D eigenvalue weighted by Crippen LogP contribution is 2.22. The number of nitrogens with zero attached hydrogens (tertiary/aromatic N) is 1. The molecule has 1 aliphatic rings. The number of hydrogen-bond donors (Lipinski definition) is 2. The molecular weight excluding hydrogens is 296 g/mol. The van der Waals surface area contributed by atoms with Gasteiger partial charge in [-0.05, 0) is 25.2 Å². The van der Waals surface area contributed by atoms with Crippen LogP contribution in [0.2, 0.25) is 0 Å². The zero-order valence-corrected chi connectivity index (χ0v) is 13.5. The molecule has 0 aliphatic carbocycles. The molecule has 1 amide bonds. The minimum absolute atomic E-state index is 0.00329. The molecule has 122 valence electrons. The predicted molar refractivity (Wildman–Crippen MR) is 78.2 cm³/mol. The Morgan fingerprint density at radius 3 is 2.48 bits per heavy atom. The molecule has 7 nitrogen and oxygen atoms in total. The summed E-state index contributed by atoms with van der Waals surface area (Å²) >= 11 is 0. The molecule has 8 heteroatoms. The van der Waals surface area contributed by atoms with Crippen LogP contribution in [-0.4, -0.2) is 54.1 Å². The van der Waals surface area contributed by atoms with E-state index in [-0.39, 0.29) is 11.7 Å². The number of carbonyl (C=O) groups is 2. The third-order valence-electron chi connectivity index (χ3n) is 3.56. The molecule has 0 aromatic rings. The molecule has 0 spiro atoms. The Morgan fingerprint density at radius 2 is 2.00 bits per heavy atom. The average molecular weight is 320 g/mol. The Hall–Kier alpha value is -1.15. The van der Waals surface area contributed by atoms with E-state index in [9.17, 15) is 18.0 Å². The molecule has 0 radical (unpaired) electrons. The zero-order valence-electron chi connectivity index (χ0n) is 12.7. The molecule has 1 fully saturated rings. The van der Waals surface area contributed by atoms with E-state index in [2.05, 4.69) is 5.32 Å². The molecule has 0 aromatic carbocycles. The summed E-state index contributed by atoms with van der Waals surface area (Å²) in [5, 5.41) is 11.6. The standard InChI is InChI=1S/C13H24N2O5S/c1-4-8-21(19,20)15-7-5-6-10(15)12(16)14-11(9(2)3)13(17)18/h9-11H,4-8H2,1-3H3,(H,14,16)(H,17,18)/t10?,11-/m0/s1. The highest BCUT2D eigenvalue weighted by atomic mass is 32.2. The van der Waals surface area contributed by atoms with E-state index in [4.69, 9.17) is 5.11 Å². The Kier molecular flexibility index (Phi) is 6.15. The molecule has 2 atom stereocenters. The summed E-state index contributed by atoms with van der Waals surface area (Å²) in [6.07, 6.45) is 1.52. The summed E-state index contributed by atoms with van der Waals surface area (Å²) in [5.74, 6) is -1.90. The van der Waals surface area contributed by atoms with Gasteiger partial charge in [-0.25, -0.2) is 13.2 Å². The van der Waals surface area contributed by atoms with Crippen molar-refractivity contribution in [3.8, 4) is 0 Å². The second-order valence-electron chi connectivity index (χ2n) is 5.65. The number of carbonyl (C=O) groups excluding carboxylic acids is 1. The summed E-state index contributed by atoms with van der Waals surface area (Å²) in [6, 6.07) is -1.80. The van der Waals surface area contributed by atoms with Crippen LogP contribution in [0.3, 0.4) is 0 Å². The lowest BCUT2D eigenvalue weighted by atomic mass is 10.0. The molecule has 2 N–H and O–H groups in total. The lowest BCUT2D eigenvalue weighted by Crippen LogP contribution is -2.52. The van der Waals surface area contributed by atoms with E-state index < -0.39 is 34.0 Å². The van der Waals surface area contributed by atoms with Crippen LogP contribution >= 0.6 is 0 Å². The Bertz CT molecular complexity index is 489. The second kappa shape index (κ2) is 7.22. The zero-order chi connectivity index (χ0) is 16.2. The molecule has 1 aliphatic heterocycles. The van der Waals surface area contributed by atoms with Gasteiger partial charge in [0.15, 0.2) is 0 Å². The summed E-state index contributed by atoms with van der Waals surface area (Å²) < 4.78 is 25.5. The van der Waals surface area contributed by atoms with E-state index in [1.54, 1.807) is 20.8 Å². The Labute approximate surface area is 125 Å². The normalized spacial score (nSPS) is 21.4. The SMILES string of the molecule is CCCS(=O)(=O)N1CCCC1C(=O)N[C@H](C(=O)O)C(C)C. The average Bonchev–Trinajstić information content (AvgIpc) is 2.84. The highest BCUT2D eigenvalue weighted by Gasteiger charge is 2.39. The van der Waals surface area contributed by atoms with Crippen molar-refractivity contribution >= 4 is 21.9 Å². The maximum atomic E-state index is 12.2. The molecule has 1 unspecified atom stereocenters. The van der Waals surface area contributed by atoms with Crippen molar-refractivity contribution in [3.05, 3.63) is 0 Å². The first-order valence-corrected chi connectivity index (χ1v) is 8.84. The van der Waals surface area contributed by atoms with Gasteiger partial charge < -0.3 is 10.4 Å². The van der Waals surface area contributed by atoms with E-state index in [0.717, 1.165) is 0 Å². The van der Waals surface area contributed by atoms with Gasteiger partial charge in [0.2, 0.25) is 15.9 Å². The Balaban J connectivity index is 2.84. The van der Waals surface area contributed by atoms with Gasteiger partial charge in [0.05, 0.1) is 5.75 Å². The summed E-state index contributed by atoms with van der Waals surface area (Å²) in [5.41, 5.74) is 0. The van der Waals surface area contributed by atoms with Crippen LogP contribution in [0.15, 0.2) is 0 Å². The van der Waals surface area contributed by atoms with E-state index in [1.165, 1.54) is 4.31 Å².